The van der Waals surface area contributed by atoms with Crippen LogP contribution in [0.3, 0.4) is 0 Å². The lowest BCUT2D eigenvalue weighted by Gasteiger charge is -2.11. The number of hydrogen-bond donors (Lipinski definition) is 1. The molecule has 1 aliphatic heterocycles. The Balaban J connectivity index is 2.15. The van der Waals surface area contributed by atoms with Crippen LogP contribution in [0.1, 0.15) is 18.4 Å². The van der Waals surface area contributed by atoms with Crippen LogP contribution in [0.5, 0.6) is 0 Å². The van der Waals surface area contributed by atoms with E-state index in [9.17, 15) is 4.79 Å². The highest BCUT2D eigenvalue weighted by Gasteiger charge is 2.17. The first-order valence-electron chi connectivity index (χ1n) is 5.49. The maximum Gasteiger partial charge on any atom is 0.249 e. The third-order valence-electron chi connectivity index (χ3n) is 2.94. The maximum atomic E-state index is 11.3. The Bertz CT molecular complexity index is 580. The third kappa shape index (κ3) is 1.51. The predicted molar refractivity (Wildman–Crippen MR) is 66.4 cm³/mol. The summed E-state index contributed by atoms with van der Waals surface area (Å²) in [6.07, 6.45) is 2.48. The van der Waals surface area contributed by atoms with E-state index in [1.54, 1.807) is 17.4 Å². The van der Waals surface area contributed by atoms with Crippen LogP contribution in [0.15, 0.2) is 10.9 Å². The molecule has 2 aromatic heterocycles. The van der Waals surface area contributed by atoms with Gasteiger partial charge in [0.05, 0.1) is 4.70 Å². The Morgan fingerprint density at radius 2 is 2.19 bits per heavy atom. The molecule has 0 spiro atoms. The van der Waals surface area contributed by atoms with Crippen molar-refractivity contribution >= 4 is 26.8 Å². The second-order valence-corrected chi connectivity index (χ2v) is 5.16. The molecule has 1 aliphatic rings. The van der Waals surface area contributed by atoms with E-state index < -0.39 is 0 Å². The number of anilines is 1. The van der Waals surface area contributed by atoms with Gasteiger partial charge in [-0.05, 0) is 25.3 Å². The summed E-state index contributed by atoms with van der Waals surface area (Å²) in [5.41, 5.74) is 1.68. The molecule has 1 saturated heterocycles. The zero-order valence-corrected chi connectivity index (χ0v) is 9.93. The molecular formula is C11H13N3OS. The number of fused-ring (bicyclic) bond motifs is 1. The first kappa shape index (κ1) is 9.84. The fraction of sp³-hybridized carbons (Fsp3) is 0.455. The first-order chi connectivity index (χ1) is 7.74. The van der Waals surface area contributed by atoms with Crippen molar-refractivity contribution < 1.29 is 0 Å². The summed E-state index contributed by atoms with van der Waals surface area (Å²) in [5, 5.41) is 1.04. The van der Waals surface area contributed by atoms with Crippen molar-refractivity contribution in [3.8, 4) is 0 Å². The van der Waals surface area contributed by atoms with Gasteiger partial charge in [-0.3, -0.25) is 4.79 Å². The van der Waals surface area contributed by atoms with Crippen LogP contribution in [-0.4, -0.2) is 23.1 Å². The molecule has 0 aliphatic carbocycles. The lowest BCUT2D eigenvalue weighted by molar-refractivity contribution is 0.949. The van der Waals surface area contributed by atoms with E-state index in [-0.39, 0.29) is 5.56 Å². The molecule has 1 fully saturated rings. The highest BCUT2D eigenvalue weighted by molar-refractivity contribution is 7.22. The van der Waals surface area contributed by atoms with E-state index in [1.165, 1.54) is 12.8 Å². The maximum absolute atomic E-state index is 11.3. The Morgan fingerprint density at radius 1 is 1.44 bits per heavy atom. The van der Waals surface area contributed by atoms with Crippen molar-refractivity contribution in [1.29, 1.82) is 0 Å². The smallest absolute Gasteiger partial charge is 0.249 e. The van der Waals surface area contributed by atoms with Crippen LogP contribution in [0.4, 0.5) is 5.13 Å². The molecule has 0 amide bonds. The molecule has 0 unspecified atom stereocenters. The zero-order valence-electron chi connectivity index (χ0n) is 9.12. The molecule has 0 aromatic carbocycles. The molecule has 84 valence electrons. The standard InChI is InChI=1S/C11H13N3OS/c1-7-6-8(15)12-10-9(7)16-11(13-10)14-4-2-3-5-14/h6H,2-5H2,1H3,(H,12,15). The number of nitrogens with one attached hydrogen (secondary N) is 1. The quantitative estimate of drug-likeness (QED) is 0.821. The Kier molecular flexibility index (Phi) is 2.21. The SMILES string of the molecule is Cc1cc(=O)[nH]c2nc(N3CCCC3)sc12. The molecular weight excluding hydrogens is 222 g/mol. The van der Waals surface area contributed by atoms with Crippen LogP contribution in [0.25, 0.3) is 10.3 Å². The average Bonchev–Trinajstić information content (AvgIpc) is 2.82. The summed E-state index contributed by atoms with van der Waals surface area (Å²) >= 11 is 1.67. The van der Waals surface area contributed by atoms with Gasteiger partial charge in [-0.1, -0.05) is 11.3 Å². The summed E-state index contributed by atoms with van der Waals surface area (Å²) in [7, 11) is 0. The van der Waals surface area contributed by atoms with E-state index in [0.29, 0.717) is 0 Å². The van der Waals surface area contributed by atoms with Crippen molar-refractivity contribution in [3.05, 3.63) is 22.0 Å². The van der Waals surface area contributed by atoms with Gasteiger partial charge in [0.1, 0.15) is 0 Å². The first-order valence-corrected chi connectivity index (χ1v) is 6.31. The van der Waals surface area contributed by atoms with Gasteiger partial charge in [-0.25, -0.2) is 4.98 Å². The minimum absolute atomic E-state index is 0.0664. The lowest BCUT2D eigenvalue weighted by atomic mass is 10.3. The van der Waals surface area contributed by atoms with Crippen molar-refractivity contribution in [2.24, 2.45) is 0 Å². The predicted octanol–water partition coefficient (Wildman–Crippen LogP) is 1.89. The number of aryl methyl sites for hydroxylation is 1. The normalized spacial score (nSPS) is 16.2. The molecule has 16 heavy (non-hydrogen) atoms. The molecule has 4 nitrogen and oxygen atoms in total. The number of aromatic amines is 1. The minimum atomic E-state index is -0.0664. The minimum Gasteiger partial charge on any atom is -0.348 e. The molecule has 3 rings (SSSR count). The summed E-state index contributed by atoms with van der Waals surface area (Å²) < 4.78 is 1.10. The molecule has 2 aromatic rings. The summed E-state index contributed by atoms with van der Waals surface area (Å²) in [5.74, 6) is 0. The van der Waals surface area contributed by atoms with Crippen LogP contribution in [0.2, 0.25) is 0 Å². The fourth-order valence-electron chi connectivity index (χ4n) is 2.12. The van der Waals surface area contributed by atoms with Crippen molar-refractivity contribution in [1.82, 2.24) is 9.97 Å². The number of rotatable bonds is 1. The second-order valence-electron chi connectivity index (χ2n) is 4.18. The van der Waals surface area contributed by atoms with Crippen molar-refractivity contribution in [3.63, 3.8) is 0 Å². The fourth-order valence-corrected chi connectivity index (χ4v) is 3.16. The molecule has 0 saturated carbocycles. The highest BCUT2D eigenvalue weighted by atomic mass is 32.1. The summed E-state index contributed by atoms with van der Waals surface area (Å²) in [6, 6.07) is 1.63. The van der Waals surface area contributed by atoms with Gasteiger partial charge in [-0.2, -0.15) is 0 Å². The topological polar surface area (TPSA) is 49.0 Å². The summed E-state index contributed by atoms with van der Waals surface area (Å²) in [4.78, 5) is 20.9. The van der Waals surface area contributed by atoms with Gasteiger partial charge < -0.3 is 9.88 Å². The van der Waals surface area contributed by atoms with E-state index in [0.717, 1.165) is 34.1 Å². The van der Waals surface area contributed by atoms with Crippen LogP contribution in [-0.2, 0) is 0 Å². The summed E-state index contributed by atoms with van der Waals surface area (Å²) in [6.45, 7) is 4.13. The molecule has 5 heteroatoms. The van der Waals surface area contributed by atoms with Crippen LogP contribution in [0, 0.1) is 6.92 Å². The number of pyridine rings is 1. The number of nitrogens with zero attached hydrogens (tertiary/aromatic N) is 2. The third-order valence-corrected chi connectivity index (χ3v) is 4.19. The van der Waals surface area contributed by atoms with Gasteiger partial charge in [-0.15, -0.1) is 0 Å². The molecule has 3 heterocycles. The van der Waals surface area contributed by atoms with E-state index in [2.05, 4.69) is 14.9 Å². The monoisotopic (exact) mass is 235 g/mol. The van der Waals surface area contributed by atoms with Crippen LogP contribution >= 0.6 is 11.3 Å². The van der Waals surface area contributed by atoms with Gasteiger partial charge >= 0.3 is 0 Å². The average molecular weight is 235 g/mol. The van der Waals surface area contributed by atoms with Gasteiger partial charge in [0.15, 0.2) is 10.8 Å². The van der Waals surface area contributed by atoms with Gasteiger partial charge in [0, 0.05) is 19.2 Å². The van der Waals surface area contributed by atoms with Crippen molar-refractivity contribution in [2.45, 2.75) is 19.8 Å². The largest absolute Gasteiger partial charge is 0.348 e. The lowest BCUT2D eigenvalue weighted by Crippen LogP contribution is -2.17. The molecule has 0 radical (unpaired) electrons. The Morgan fingerprint density at radius 3 is 2.94 bits per heavy atom. The number of aromatic nitrogens is 2. The highest BCUT2D eigenvalue weighted by Crippen LogP contribution is 2.30. The van der Waals surface area contributed by atoms with Gasteiger partial charge in [0.2, 0.25) is 5.56 Å². The number of hydrogen-bond acceptors (Lipinski definition) is 4. The van der Waals surface area contributed by atoms with E-state index in [1.807, 2.05) is 6.92 Å². The Hall–Kier alpha value is -1.36. The Labute approximate surface area is 96.9 Å². The van der Waals surface area contributed by atoms with E-state index >= 15 is 0 Å². The molecule has 1 N–H and O–H groups in total. The van der Waals surface area contributed by atoms with E-state index in [4.69, 9.17) is 0 Å². The number of thiazole rings is 1. The van der Waals surface area contributed by atoms with Crippen molar-refractivity contribution in [2.75, 3.05) is 18.0 Å². The van der Waals surface area contributed by atoms with Gasteiger partial charge in [0.25, 0.3) is 0 Å². The molecule has 0 atom stereocenters. The second kappa shape index (κ2) is 3.59. The van der Waals surface area contributed by atoms with Crippen LogP contribution < -0.4 is 10.5 Å². The zero-order chi connectivity index (χ0) is 11.1. The number of H-pyrrole nitrogens is 1. The molecule has 0 bridgehead atoms.